The zero-order valence-corrected chi connectivity index (χ0v) is 14.7. The fourth-order valence-corrected chi connectivity index (χ4v) is 3.25. The van der Waals surface area contributed by atoms with Crippen LogP contribution < -0.4 is 4.90 Å². The molecule has 26 heavy (non-hydrogen) atoms. The van der Waals surface area contributed by atoms with Gasteiger partial charge in [-0.3, -0.25) is 9.78 Å². The van der Waals surface area contributed by atoms with Crippen molar-refractivity contribution in [1.29, 1.82) is 0 Å². The highest BCUT2D eigenvalue weighted by molar-refractivity contribution is 5.96. The average Bonchev–Trinajstić information content (AvgIpc) is 2.83. The molecule has 3 aromatic rings. The summed E-state index contributed by atoms with van der Waals surface area (Å²) in [4.78, 5) is 18.7. The predicted molar refractivity (Wildman–Crippen MR) is 102 cm³/mol. The molecule has 2 heterocycles. The summed E-state index contributed by atoms with van der Waals surface area (Å²) in [5, 5.41) is 0. The number of carbonyl (C=O) groups is 1. The Labute approximate surface area is 153 Å². The van der Waals surface area contributed by atoms with Gasteiger partial charge in [0.1, 0.15) is 6.61 Å². The summed E-state index contributed by atoms with van der Waals surface area (Å²) in [6, 6.07) is 18.3. The number of ether oxygens (including phenoxy) is 1. The molecule has 0 radical (unpaired) electrons. The van der Waals surface area contributed by atoms with Crippen molar-refractivity contribution in [2.24, 2.45) is 0 Å². The molecule has 0 bridgehead atoms. The van der Waals surface area contributed by atoms with Crippen LogP contribution in [-0.2, 0) is 22.7 Å². The first-order valence-electron chi connectivity index (χ1n) is 8.68. The number of pyridine rings is 1. The molecular formula is C22H20N2O2. The molecule has 4 rings (SSSR count). The molecule has 0 spiro atoms. The van der Waals surface area contributed by atoms with Gasteiger partial charge in [-0.2, -0.15) is 0 Å². The van der Waals surface area contributed by atoms with Crippen molar-refractivity contribution >= 4 is 11.6 Å². The summed E-state index contributed by atoms with van der Waals surface area (Å²) < 4.78 is 5.58. The van der Waals surface area contributed by atoms with Crippen molar-refractivity contribution < 1.29 is 9.53 Å². The third kappa shape index (κ3) is 3.24. The Morgan fingerprint density at radius 2 is 1.81 bits per heavy atom. The average molecular weight is 344 g/mol. The Morgan fingerprint density at radius 1 is 1.00 bits per heavy atom. The maximum absolute atomic E-state index is 12.7. The summed E-state index contributed by atoms with van der Waals surface area (Å²) in [5.41, 5.74) is 6.42. The number of fused-ring (bicyclic) bond motifs is 1. The van der Waals surface area contributed by atoms with Crippen LogP contribution in [0.25, 0.3) is 11.1 Å². The van der Waals surface area contributed by atoms with E-state index in [1.165, 1.54) is 5.56 Å². The van der Waals surface area contributed by atoms with E-state index in [9.17, 15) is 4.79 Å². The number of nitrogens with zero attached hydrogens (tertiary/aromatic N) is 2. The second-order valence-electron chi connectivity index (χ2n) is 6.48. The highest BCUT2D eigenvalue weighted by atomic mass is 16.5. The van der Waals surface area contributed by atoms with E-state index in [-0.39, 0.29) is 12.5 Å². The second-order valence-corrected chi connectivity index (χ2v) is 6.48. The Bertz CT molecular complexity index is 938. The lowest BCUT2D eigenvalue weighted by molar-refractivity contribution is -0.123. The zero-order valence-electron chi connectivity index (χ0n) is 14.7. The van der Waals surface area contributed by atoms with Crippen LogP contribution in [0.2, 0.25) is 0 Å². The van der Waals surface area contributed by atoms with Crippen molar-refractivity contribution in [3.63, 3.8) is 0 Å². The van der Waals surface area contributed by atoms with E-state index >= 15 is 0 Å². The summed E-state index contributed by atoms with van der Waals surface area (Å²) in [7, 11) is 0. The first-order chi connectivity index (χ1) is 12.7. The first-order valence-corrected chi connectivity index (χ1v) is 8.68. The maximum atomic E-state index is 12.7. The number of rotatable bonds is 3. The Hall–Kier alpha value is -2.98. The number of benzene rings is 2. The van der Waals surface area contributed by atoms with Gasteiger partial charge in [-0.1, -0.05) is 36.4 Å². The highest BCUT2D eigenvalue weighted by Crippen LogP contribution is 2.31. The normalized spacial score (nSPS) is 14.0. The van der Waals surface area contributed by atoms with E-state index < -0.39 is 0 Å². The smallest absolute Gasteiger partial charge is 0.253 e. The van der Waals surface area contributed by atoms with E-state index in [4.69, 9.17) is 4.74 Å². The van der Waals surface area contributed by atoms with Crippen molar-refractivity contribution in [1.82, 2.24) is 4.98 Å². The topological polar surface area (TPSA) is 42.4 Å². The molecule has 1 amide bonds. The molecule has 0 unspecified atom stereocenters. The lowest BCUT2D eigenvalue weighted by atomic mass is 10.0. The fraction of sp³-hybridized carbons (Fsp3) is 0.182. The monoisotopic (exact) mass is 344 g/mol. The molecule has 0 atom stereocenters. The molecule has 0 aliphatic carbocycles. The molecule has 1 aliphatic heterocycles. The Morgan fingerprint density at radius 3 is 2.62 bits per heavy atom. The second kappa shape index (κ2) is 7.10. The van der Waals surface area contributed by atoms with Crippen LogP contribution in [-0.4, -0.2) is 17.5 Å². The van der Waals surface area contributed by atoms with E-state index in [0.717, 1.165) is 27.9 Å². The van der Waals surface area contributed by atoms with Gasteiger partial charge in [-0.15, -0.1) is 0 Å². The predicted octanol–water partition coefficient (Wildman–Crippen LogP) is 4.12. The number of amides is 1. The molecule has 0 saturated heterocycles. The minimum Gasteiger partial charge on any atom is -0.367 e. The number of aromatic nitrogens is 1. The van der Waals surface area contributed by atoms with E-state index in [2.05, 4.69) is 42.2 Å². The quantitative estimate of drug-likeness (QED) is 0.718. The SMILES string of the molecule is Cc1ccccc1CN1C(=O)COCc2ccc(-c3ccncc3)cc21. The minimum absolute atomic E-state index is 0.0149. The molecule has 0 fully saturated rings. The molecule has 1 aliphatic rings. The van der Waals surface area contributed by atoms with Crippen LogP contribution in [0.5, 0.6) is 0 Å². The van der Waals surface area contributed by atoms with Gasteiger partial charge < -0.3 is 9.64 Å². The van der Waals surface area contributed by atoms with Crippen LogP contribution in [0.4, 0.5) is 5.69 Å². The third-order valence-electron chi connectivity index (χ3n) is 4.76. The molecule has 2 aromatic carbocycles. The van der Waals surface area contributed by atoms with E-state index in [0.29, 0.717) is 13.2 Å². The van der Waals surface area contributed by atoms with Gasteiger partial charge in [0, 0.05) is 18.0 Å². The Balaban J connectivity index is 1.77. The van der Waals surface area contributed by atoms with E-state index in [1.54, 1.807) is 12.4 Å². The summed E-state index contributed by atoms with van der Waals surface area (Å²) in [6.07, 6.45) is 3.56. The van der Waals surface area contributed by atoms with Gasteiger partial charge in [0.2, 0.25) is 0 Å². The van der Waals surface area contributed by atoms with Gasteiger partial charge in [0.15, 0.2) is 0 Å². The summed E-state index contributed by atoms with van der Waals surface area (Å²) in [6.45, 7) is 3.16. The highest BCUT2D eigenvalue weighted by Gasteiger charge is 2.23. The van der Waals surface area contributed by atoms with Gasteiger partial charge in [-0.25, -0.2) is 0 Å². The standard InChI is InChI=1S/C22H20N2O2/c1-16-4-2-3-5-19(16)13-24-21-12-18(17-8-10-23-11-9-17)6-7-20(21)14-26-15-22(24)25/h2-12H,13-15H2,1H3. The number of aryl methyl sites for hydroxylation is 1. The lowest BCUT2D eigenvalue weighted by Crippen LogP contribution is -2.32. The maximum Gasteiger partial charge on any atom is 0.253 e. The van der Waals surface area contributed by atoms with Crippen LogP contribution in [0.1, 0.15) is 16.7 Å². The molecule has 4 heteroatoms. The summed E-state index contributed by atoms with van der Waals surface area (Å²) >= 11 is 0. The third-order valence-corrected chi connectivity index (χ3v) is 4.76. The van der Waals surface area contributed by atoms with Crippen molar-refractivity contribution in [2.45, 2.75) is 20.1 Å². The minimum atomic E-state index is -0.0149. The van der Waals surface area contributed by atoms with Crippen LogP contribution >= 0.6 is 0 Å². The molecule has 130 valence electrons. The fourth-order valence-electron chi connectivity index (χ4n) is 3.25. The molecule has 0 N–H and O–H groups in total. The number of hydrogen-bond acceptors (Lipinski definition) is 3. The Kier molecular flexibility index (Phi) is 4.50. The molecular weight excluding hydrogens is 324 g/mol. The molecule has 1 aromatic heterocycles. The van der Waals surface area contributed by atoms with E-state index in [1.807, 2.05) is 29.2 Å². The number of carbonyl (C=O) groups excluding carboxylic acids is 1. The van der Waals surface area contributed by atoms with Crippen molar-refractivity contribution in [3.8, 4) is 11.1 Å². The first kappa shape index (κ1) is 16.5. The van der Waals surface area contributed by atoms with Crippen LogP contribution in [0.3, 0.4) is 0 Å². The van der Waals surface area contributed by atoms with Gasteiger partial charge in [-0.05, 0) is 47.4 Å². The summed E-state index contributed by atoms with van der Waals surface area (Å²) in [5.74, 6) is -0.0149. The molecule has 0 saturated carbocycles. The van der Waals surface area contributed by atoms with Gasteiger partial charge in [0.05, 0.1) is 18.8 Å². The zero-order chi connectivity index (χ0) is 17.9. The van der Waals surface area contributed by atoms with Crippen LogP contribution in [0.15, 0.2) is 67.0 Å². The van der Waals surface area contributed by atoms with Crippen LogP contribution in [0, 0.1) is 6.92 Å². The van der Waals surface area contributed by atoms with Crippen molar-refractivity contribution in [2.75, 3.05) is 11.5 Å². The number of hydrogen-bond donors (Lipinski definition) is 0. The van der Waals surface area contributed by atoms with Gasteiger partial charge in [0.25, 0.3) is 5.91 Å². The largest absolute Gasteiger partial charge is 0.367 e. The number of anilines is 1. The van der Waals surface area contributed by atoms with Crippen molar-refractivity contribution in [3.05, 3.63) is 83.7 Å². The van der Waals surface area contributed by atoms with Gasteiger partial charge >= 0.3 is 0 Å². The lowest BCUT2D eigenvalue weighted by Gasteiger charge is -2.24. The molecule has 4 nitrogen and oxygen atoms in total.